The maximum absolute atomic E-state index is 11.0. The second-order valence-corrected chi connectivity index (χ2v) is 3.41. The van der Waals surface area contributed by atoms with Gasteiger partial charge in [-0.15, -0.1) is 0 Å². The van der Waals surface area contributed by atoms with Crippen molar-refractivity contribution in [3.8, 4) is 0 Å². The molecule has 2 atom stereocenters. The highest BCUT2D eigenvalue weighted by Crippen LogP contribution is 2.11. The van der Waals surface area contributed by atoms with E-state index >= 15 is 0 Å². The highest BCUT2D eigenvalue weighted by atomic mass is 16.5. The van der Waals surface area contributed by atoms with Crippen LogP contribution >= 0.6 is 0 Å². The van der Waals surface area contributed by atoms with Crippen LogP contribution in [-0.4, -0.2) is 36.4 Å². The van der Waals surface area contributed by atoms with E-state index in [1.54, 1.807) is 0 Å². The first-order valence-electron chi connectivity index (χ1n) is 4.77. The van der Waals surface area contributed by atoms with E-state index in [4.69, 9.17) is 9.84 Å². The van der Waals surface area contributed by atoms with Crippen LogP contribution in [0.25, 0.3) is 0 Å². The summed E-state index contributed by atoms with van der Waals surface area (Å²) in [5.41, 5.74) is 0. The summed E-state index contributed by atoms with van der Waals surface area (Å²) in [6.07, 6.45) is 2.48. The van der Waals surface area contributed by atoms with Crippen molar-refractivity contribution in [1.82, 2.24) is 5.32 Å². The van der Waals surface area contributed by atoms with Gasteiger partial charge in [0.15, 0.2) is 0 Å². The molecule has 0 aliphatic carbocycles. The van der Waals surface area contributed by atoms with Crippen LogP contribution in [0.4, 0.5) is 0 Å². The molecule has 0 aromatic heterocycles. The van der Waals surface area contributed by atoms with Gasteiger partial charge in [-0.3, -0.25) is 4.79 Å². The molecule has 4 heteroatoms. The lowest BCUT2D eigenvalue weighted by Gasteiger charge is -2.22. The summed E-state index contributed by atoms with van der Waals surface area (Å²) < 4.78 is 5.41. The van der Waals surface area contributed by atoms with Crippen LogP contribution < -0.4 is 5.32 Å². The Labute approximate surface area is 78.3 Å². The number of ether oxygens (including phenoxy) is 1. The molecule has 0 bridgehead atoms. The maximum atomic E-state index is 11.0. The molecule has 0 radical (unpaired) electrons. The minimum absolute atomic E-state index is 0.136. The van der Waals surface area contributed by atoms with E-state index in [0.29, 0.717) is 6.54 Å². The third-order valence-corrected chi connectivity index (χ3v) is 2.16. The number of nitrogens with one attached hydrogen (secondary N) is 1. The first-order chi connectivity index (χ1) is 6.20. The predicted molar refractivity (Wildman–Crippen MR) is 48.3 cm³/mol. The van der Waals surface area contributed by atoms with E-state index in [0.717, 1.165) is 25.9 Å². The fraction of sp³-hybridized carbons (Fsp3) is 0.889. The first kappa shape index (κ1) is 10.5. The lowest BCUT2D eigenvalue weighted by molar-refractivity contribution is -0.129. The molecule has 1 amide bonds. The number of hydrogen-bond donors (Lipinski definition) is 2. The van der Waals surface area contributed by atoms with Gasteiger partial charge in [0.25, 0.3) is 0 Å². The predicted octanol–water partition coefficient (Wildman–Crippen LogP) is 0.0525. The fourth-order valence-electron chi connectivity index (χ4n) is 1.33. The van der Waals surface area contributed by atoms with Crippen molar-refractivity contribution in [2.45, 2.75) is 38.4 Å². The molecule has 13 heavy (non-hydrogen) atoms. The van der Waals surface area contributed by atoms with Crippen molar-refractivity contribution in [3.63, 3.8) is 0 Å². The highest BCUT2D eigenvalue weighted by molar-refractivity contribution is 5.79. The first-order valence-corrected chi connectivity index (χ1v) is 4.77. The van der Waals surface area contributed by atoms with Gasteiger partial charge in [0.2, 0.25) is 5.91 Å². The van der Waals surface area contributed by atoms with Gasteiger partial charge in [0.1, 0.15) is 6.10 Å². The number of amides is 1. The normalized spacial score (nSPS) is 25.2. The van der Waals surface area contributed by atoms with E-state index in [1.165, 1.54) is 6.92 Å². The quantitative estimate of drug-likeness (QED) is 0.656. The second-order valence-electron chi connectivity index (χ2n) is 3.41. The molecule has 1 heterocycles. The van der Waals surface area contributed by atoms with E-state index in [2.05, 4.69) is 5.32 Å². The zero-order chi connectivity index (χ0) is 9.68. The van der Waals surface area contributed by atoms with Crippen LogP contribution in [0.1, 0.15) is 26.2 Å². The molecule has 0 aromatic carbocycles. The molecule has 0 saturated carbocycles. The summed E-state index contributed by atoms with van der Waals surface area (Å²) in [7, 11) is 0. The zero-order valence-corrected chi connectivity index (χ0v) is 7.95. The number of carbonyl (C=O) groups is 1. The van der Waals surface area contributed by atoms with Gasteiger partial charge in [0, 0.05) is 13.2 Å². The summed E-state index contributed by atoms with van der Waals surface area (Å²) in [4.78, 5) is 11.0. The molecule has 76 valence electrons. The minimum atomic E-state index is -0.927. The Morgan fingerprint density at radius 3 is 3.00 bits per heavy atom. The van der Waals surface area contributed by atoms with Gasteiger partial charge < -0.3 is 15.2 Å². The van der Waals surface area contributed by atoms with E-state index < -0.39 is 6.10 Å². The van der Waals surface area contributed by atoms with Gasteiger partial charge in [-0.25, -0.2) is 0 Å². The monoisotopic (exact) mass is 187 g/mol. The average Bonchev–Trinajstić information content (AvgIpc) is 2.15. The Balaban J connectivity index is 2.13. The lowest BCUT2D eigenvalue weighted by atomic mass is 10.1. The number of aliphatic hydroxyl groups excluding tert-OH is 1. The Bertz CT molecular complexity index is 164. The molecular weight excluding hydrogens is 170 g/mol. The molecule has 1 unspecified atom stereocenters. The Kier molecular flexibility index (Phi) is 4.18. The third kappa shape index (κ3) is 3.74. The molecule has 0 spiro atoms. The van der Waals surface area contributed by atoms with Gasteiger partial charge in [-0.1, -0.05) is 0 Å². The molecule has 1 fully saturated rings. The van der Waals surface area contributed by atoms with Gasteiger partial charge in [0.05, 0.1) is 6.10 Å². The summed E-state index contributed by atoms with van der Waals surface area (Å²) in [6.45, 7) is 2.76. The molecule has 1 saturated heterocycles. The maximum Gasteiger partial charge on any atom is 0.248 e. The van der Waals surface area contributed by atoms with Crippen molar-refractivity contribution < 1.29 is 14.6 Å². The van der Waals surface area contributed by atoms with Crippen molar-refractivity contribution in [2.75, 3.05) is 13.2 Å². The minimum Gasteiger partial charge on any atom is -0.384 e. The van der Waals surface area contributed by atoms with Crippen LogP contribution in [0.2, 0.25) is 0 Å². The SMILES string of the molecule is C[C@@H](O)C(=O)NCC1CCCCO1. The van der Waals surface area contributed by atoms with Gasteiger partial charge >= 0.3 is 0 Å². The highest BCUT2D eigenvalue weighted by Gasteiger charge is 2.15. The van der Waals surface area contributed by atoms with Crippen molar-refractivity contribution in [1.29, 1.82) is 0 Å². The standard InChI is InChI=1S/C9H17NO3/c1-7(11)9(12)10-6-8-4-2-3-5-13-8/h7-8,11H,2-6H2,1H3,(H,10,12)/t7-,8?/m1/s1. The number of aliphatic hydroxyl groups is 1. The number of hydrogen-bond acceptors (Lipinski definition) is 3. The summed E-state index contributed by atoms with van der Waals surface area (Å²) in [5.74, 6) is -0.325. The molecule has 4 nitrogen and oxygen atoms in total. The van der Waals surface area contributed by atoms with Crippen molar-refractivity contribution >= 4 is 5.91 Å². The van der Waals surface area contributed by atoms with E-state index in [-0.39, 0.29) is 12.0 Å². The number of carbonyl (C=O) groups excluding carboxylic acids is 1. The smallest absolute Gasteiger partial charge is 0.248 e. The molecule has 1 rings (SSSR count). The van der Waals surface area contributed by atoms with Crippen LogP contribution in [0.5, 0.6) is 0 Å². The molecule has 1 aliphatic heterocycles. The van der Waals surface area contributed by atoms with E-state index in [1.807, 2.05) is 0 Å². The zero-order valence-electron chi connectivity index (χ0n) is 7.95. The Morgan fingerprint density at radius 2 is 2.46 bits per heavy atom. The van der Waals surface area contributed by atoms with E-state index in [9.17, 15) is 4.79 Å². The van der Waals surface area contributed by atoms with Gasteiger partial charge in [-0.05, 0) is 26.2 Å². The molecule has 1 aliphatic rings. The largest absolute Gasteiger partial charge is 0.384 e. The topological polar surface area (TPSA) is 58.6 Å². The molecule has 2 N–H and O–H groups in total. The lowest BCUT2D eigenvalue weighted by Crippen LogP contribution is -2.39. The summed E-state index contributed by atoms with van der Waals surface area (Å²) in [6, 6.07) is 0. The fourth-order valence-corrected chi connectivity index (χ4v) is 1.33. The van der Waals surface area contributed by atoms with Crippen molar-refractivity contribution in [2.24, 2.45) is 0 Å². The average molecular weight is 187 g/mol. The van der Waals surface area contributed by atoms with Crippen LogP contribution in [0, 0.1) is 0 Å². The third-order valence-electron chi connectivity index (χ3n) is 2.16. The Morgan fingerprint density at radius 1 is 1.69 bits per heavy atom. The van der Waals surface area contributed by atoms with Crippen LogP contribution in [-0.2, 0) is 9.53 Å². The molecule has 0 aromatic rings. The summed E-state index contributed by atoms with van der Waals surface area (Å²) >= 11 is 0. The van der Waals surface area contributed by atoms with Gasteiger partial charge in [-0.2, -0.15) is 0 Å². The molecular formula is C9H17NO3. The second kappa shape index (κ2) is 5.19. The van der Waals surface area contributed by atoms with Crippen LogP contribution in [0.15, 0.2) is 0 Å². The van der Waals surface area contributed by atoms with Crippen molar-refractivity contribution in [3.05, 3.63) is 0 Å². The van der Waals surface area contributed by atoms with Crippen LogP contribution in [0.3, 0.4) is 0 Å². The Hall–Kier alpha value is -0.610. The number of rotatable bonds is 3. The summed E-state index contributed by atoms with van der Waals surface area (Å²) in [5, 5.41) is 11.5.